The number of amidine groups is 1. The lowest BCUT2D eigenvalue weighted by molar-refractivity contribution is -0.113. The summed E-state index contributed by atoms with van der Waals surface area (Å²) in [5.74, 6) is 0.375. The van der Waals surface area contributed by atoms with Gasteiger partial charge in [0.05, 0.1) is 26.5 Å². The first-order chi connectivity index (χ1) is 16.7. The standard InChI is InChI=1S/C28H27IN2O3S/c1-6-34-24-14-20(13-21(29)26(24)32)15-25-27(33)31(23-12-17(3)8-10-19(23)5)28(35-25)30-22-11-16(2)7-9-18(22)4/h7-15,32H,6H2,1-5H3. The maximum absolute atomic E-state index is 13.8. The number of amides is 1. The van der Waals surface area contributed by atoms with Gasteiger partial charge in [-0.05, 0) is 127 Å². The summed E-state index contributed by atoms with van der Waals surface area (Å²) in [5, 5.41) is 10.9. The first kappa shape index (κ1) is 25.3. The van der Waals surface area contributed by atoms with E-state index in [1.165, 1.54) is 11.8 Å². The number of thioether (sulfide) groups is 1. The Labute approximate surface area is 224 Å². The van der Waals surface area contributed by atoms with E-state index in [0.29, 0.717) is 26.0 Å². The normalized spacial score (nSPS) is 15.9. The van der Waals surface area contributed by atoms with Crippen LogP contribution in [0.2, 0.25) is 0 Å². The minimum atomic E-state index is -0.131. The van der Waals surface area contributed by atoms with Gasteiger partial charge in [-0.15, -0.1) is 0 Å². The van der Waals surface area contributed by atoms with E-state index in [1.807, 2.05) is 77.1 Å². The van der Waals surface area contributed by atoms with Gasteiger partial charge in [0.15, 0.2) is 16.7 Å². The van der Waals surface area contributed by atoms with Crippen LogP contribution >= 0.6 is 34.4 Å². The number of phenols is 1. The maximum atomic E-state index is 13.8. The van der Waals surface area contributed by atoms with Crippen LogP contribution in [0.25, 0.3) is 6.08 Å². The van der Waals surface area contributed by atoms with Crippen LogP contribution in [-0.4, -0.2) is 22.8 Å². The minimum absolute atomic E-state index is 0.106. The lowest BCUT2D eigenvalue weighted by Crippen LogP contribution is -2.29. The second-order valence-corrected chi connectivity index (χ2v) is 10.7. The lowest BCUT2D eigenvalue weighted by Gasteiger charge is -2.19. The molecule has 3 aromatic carbocycles. The Morgan fingerprint density at radius 2 is 1.71 bits per heavy atom. The molecule has 1 aliphatic heterocycles. The fraction of sp³-hybridized carbons (Fsp3) is 0.214. The average molecular weight is 599 g/mol. The second-order valence-electron chi connectivity index (χ2n) is 8.51. The van der Waals surface area contributed by atoms with Crippen molar-refractivity contribution in [2.24, 2.45) is 4.99 Å². The zero-order valence-corrected chi connectivity index (χ0v) is 23.3. The van der Waals surface area contributed by atoms with Gasteiger partial charge in [-0.1, -0.05) is 24.3 Å². The highest BCUT2D eigenvalue weighted by Gasteiger charge is 2.35. The fourth-order valence-electron chi connectivity index (χ4n) is 3.76. The molecule has 180 valence electrons. The van der Waals surface area contributed by atoms with Crippen molar-refractivity contribution < 1.29 is 14.6 Å². The van der Waals surface area contributed by atoms with Crippen molar-refractivity contribution >= 4 is 62.9 Å². The number of benzene rings is 3. The highest BCUT2D eigenvalue weighted by Crippen LogP contribution is 2.40. The highest BCUT2D eigenvalue weighted by molar-refractivity contribution is 14.1. The Bertz CT molecular complexity index is 1380. The average Bonchev–Trinajstić information content (AvgIpc) is 3.10. The van der Waals surface area contributed by atoms with Crippen LogP contribution in [0.5, 0.6) is 11.5 Å². The monoisotopic (exact) mass is 598 g/mol. The van der Waals surface area contributed by atoms with Crippen LogP contribution in [-0.2, 0) is 4.79 Å². The molecule has 0 aromatic heterocycles. The SMILES string of the molecule is CCOc1cc(C=C2SC(=Nc3cc(C)ccc3C)N(c3cc(C)ccc3C)C2=O)cc(I)c1O. The number of hydrogen-bond acceptors (Lipinski definition) is 5. The molecule has 0 bridgehead atoms. The predicted molar refractivity (Wildman–Crippen MR) is 154 cm³/mol. The van der Waals surface area contributed by atoms with Gasteiger partial charge in [0.2, 0.25) is 0 Å². The third-order valence-corrected chi connectivity index (χ3v) is 7.43. The van der Waals surface area contributed by atoms with E-state index in [2.05, 4.69) is 28.7 Å². The van der Waals surface area contributed by atoms with E-state index in [9.17, 15) is 9.90 Å². The van der Waals surface area contributed by atoms with Crippen LogP contribution < -0.4 is 9.64 Å². The van der Waals surface area contributed by atoms with Gasteiger partial charge in [0.1, 0.15) is 0 Å². The Morgan fingerprint density at radius 3 is 2.43 bits per heavy atom. The molecule has 0 atom stereocenters. The lowest BCUT2D eigenvalue weighted by atomic mass is 10.1. The topological polar surface area (TPSA) is 62.1 Å². The molecule has 1 amide bonds. The minimum Gasteiger partial charge on any atom is -0.504 e. The molecule has 7 heteroatoms. The van der Waals surface area contributed by atoms with Crippen molar-refractivity contribution in [2.45, 2.75) is 34.6 Å². The van der Waals surface area contributed by atoms with Gasteiger partial charge in [0, 0.05) is 0 Å². The van der Waals surface area contributed by atoms with Crippen molar-refractivity contribution in [3.8, 4) is 11.5 Å². The Morgan fingerprint density at radius 1 is 1.03 bits per heavy atom. The summed E-state index contributed by atoms with van der Waals surface area (Å²) >= 11 is 3.42. The van der Waals surface area contributed by atoms with E-state index in [1.54, 1.807) is 11.0 Å². The first-order valence-electron chi connectivity index (χ1n) is 11.3. The van der Waals surface area contributed by atoms with Gasteiger partial charge in [-0.25, -0.2) is 4.99 Å². The van der Waals surface area contributed by atoms with Crippen LogP contribution in [0.3, 0.4) is 0 Å². The summed E-state index contributed by atoms with van der Waals surface area (Å²) in [6.45, 7) is 10.4. The number of halogens is 1. The number of aliphatic imine (C=N–C) groups is 1. The second kappa shape index (κ2) is 10.5. The van der Waals surface area contributed by atoms with Crippen LogP contribution in [0.15, 0.2) is 58.4 Å². The zero-order chi connectivity index (χ0) is 25.3. The molecule has 0 saturated carbocycles. The van der Waals surface area contributed by atoms with E-state index < -0.39 is 0 Å². The van der Waals surface area contributed by atoms with Crippen LogP contribution in [0.4, 0.5) is 11.4 Å². The molecule has 1 aliphatic rings. The number of carbonyl (C=O) groups is 1. The molecular formula is C28H27IN2O3S. The molecule has 35 heavy (non-hydrogen) atoms. The first-order valence-corrected chi connectivity index (χ1v) is 13.2. The molecule has 1 fully saturated rings. The van der Waals surface area contributed by atoms with E-state index in [0.717, 1.165) is 39.2 Å². The molecular weight excluding hydrogens is 571 g/mol. The Balaban J connectivity index is 1.85. The quantitative estimate of drug-likeness (QED) is 0.245. The molecule has 0 radical (unpaired) electrons. The largest absolute Gasteiger partial charge is 0.504 e. The number of carbonyl (C=O) groups excluding carboxylic acids is 1. The van der Waals surface area contributed by atoms with Gasteiger partial charge in [0.25, 0.3) is 5.91 Å². The third kappa shape index (κ3) is 5.41. The molecule has 0 spiro atoms. The van der Waals surface area contributed by atoms with Crippen molar-refractivity contribution in [3.63, 3.8) is 0 Å². The molecule has 3 aromatic rings. The predicted octanol–water partition coefficient (Wildman–Crippen LogP) is 7.44. The van der Waals surface area contributed by atoms with Crippen LogP contribution in [0, 0.1) is 31.3 Å². The summed E-state index contributed by atoms with van der Waals surface area (Å²) in [6, 6.07) is 15.8. The maximum Gasteiger partial charge on any atom is 0.271 e. The fourth-order valence-corrected chi connectivity index (χ4v) is 5.37. The molecule has 1 heterocycles. The van der Waals surface area contributed by atoms with Crippen LogP contribution in [0.1, 0.15) is 34.7 Å². The van der Waals surface area contributed by atoms with Gasteiger partial charge in [-0.3, -0.25) is 9.69 Å². The van der Waals surface area contributed by atoms with Gasteiger partial charge < -0.3 is 9.84 Å². The summed E-state index contributed by atoms with van der Waals surface area (Å²) in [4.78, 5) is 21.0. The van der Waals surface area contributed by atoms with Gasteiger partial charge in [-0.2, -0.15) is 0 Å². The molecule has 0 unspecified atom stereocenters. The summed E-state index contributed by atoms with van der Waals surface area (Å²) in [6.07, 6.45) is 1.83. The number of aromatic hydroxyl groups is 1. The number of anilines is 1. The number of hydrogen-bond donors (Lipinski definition) is 1. The number of aryl methyl sites for hydroxylation is 4. The summed E-state index contributed by atoms with van der Waals surface area (Å²) < 4.78 is 6.24. The number of nitrogens with zero attached hydrogens (tertiary/aromatic N) is 2. The number of rotatable bonds is 5. The van der Waals surface area contributed by atoms with Gasteiger partial charge >= 0.3 is 0 Å². The van der Waals surface area contributed by atoms with E-state index >= 15 is 0 Å². The van der Waals surface area contributed by atoms with Crippen molar-refractivity contribution in [2.75, 3.05) is 11.5 Å². The van der Waals surface area contributed by atoms with Crippen molar-refractivity contribution in [1.82, 2.24) is 0 Å². The van der Waals surface area contributed by atoms with E-state index in [-0.39, 0.29) is 11.7 Å². The molecule has 5 nitrogen and oxygen atoms in total. The van der Waals surface area contributed by atoms with Crippen molar-refractivity contribution in [1.29, 1.82) is 0 Å². The number of phenolic OH excluding ortho intramolecular Hbond substituents is 1. The van der Waals surface area contributed by atoms with Crippen molar-refractivity contribution in [3.05, 3.63) is 84.8 Å². The third-order valence-electron chi connectivity index (χ3n) is 5.64. The molecule has 1 saturated heterocycles. The van der Waals surface area contributed by atoms with E-state index in [4.69, 9.17) is 9.73 Å². The number of ether oxygens (including phenoxy) is 1. The highest BCUT2D eigenvalue weighted by atomic mass is 127. The summed E-state index contributed by atoms with van der Waals surface area (Å²) in [7, 11) is 0. The Hall–Kier alpha value is -2.78. The smallest absolute Gasteiger partial charge is 0.271 e. The zero-order valence-electron chi connectivity index (χ0n) is 20.3. The Kier molecular flexibility index (Phi) is 7.56. The molecule has 1 N–H and O–H groups in total. The summed E-state index contributed by atoms with van der Waals surface area (Å²) in [5.41, 5.74) is 6.67. The molecule has 4 rings (SSSR count). The molecule has 0 aliphatic carbocycles.